The smallest absolute Gasteiger partial charge is 0.199 e. The molecule has 1 aromatic heterocycles. The van der Waals surface area contributed by atoms with E-state index in [0.29, 0.717) is 4.68 Å². The SMILES string of the molecule is FC(F)(Br)n1c[c]cn1. The molecule has 5 heteroatoms. The summed E-state index contributed by atoms with van der Waals surface area (Å²) in [4.78, 5) is -3.09. The summed E-state index contributed by atoms with van der Waals surface area (Å²) in [5.74, 6) is 0. The van der Waals surface area contributed by atoms with Crippen LogP contribution in [-0.4, -0.2) is 9.78 Å². The molecule has 1 aromatic rings. The van der Waals surface area contributed by atoms with Crippen LogP contribution >= 0.6 is 15.9 Å². The van der Waals surface area contributed by atoms with Gasteiger partial charge < -0.3 is 0 Å². The molecule has 0 unspecified atom stereocenters. The van der Waals surface area contributed by atoms with Crippen molar-refractivity contribution in [2.24, 2.45) is 0 Å². The van der Waals surface area contributed by atoms with E-state index in [9.17, 15) is 8.78 Å². The fourth-order valence-electron chi connectivity index (χ4n) is 0.371. The molecule has 0 saturated carbocycles. The zero-order valence-electron chi connectivity index (χ0n) is 4.18. The van der Waals surface area contributed by atoms with Gasteiger partial charge in [0.25, 0.3) is 0 Å². The van der Waals surface area contributed by atoms with Gasteiger partial charge in [0.2, 0.25) is 0 Å². The highest BCUT2D eigenvalue weighted by Crippen LogP contribution is 2.26. The lowest BCUT2D eigenvalue weighted by Crippen LogP contribution is -2.14. The molecule has 2 nitrogen and oxygen atoms in total. The van der Waals surface area contributed by atoms with Crippen molar-refractivity contribution in [2.45, 2.75) is 4.96 Å². The van der Waals surface area contributed by atoms with Gasteiger partial charge in [0.1, 0.15) is 0 Å². The number of halogens is 3. The Bertz CT molecular complexity index is 179. The third kappa shape index (κ3) is 1.48. The lowest BCUT2D eigenvalue weighted by atomic mass is 10.8. The quantitative estimate of drug-likeness (QED) is 0.623. The molecular weight excluding hydrogens is 194 g/mol. The van der Waals surface area contributed by atoms with Crippen LogP contribution in [0.1, 0.15) is 0 Å². The van der Waals surface area contributed by atoms with Crippen molar-refractivity contribution >= 4 is 15.9 Å². The summed E-state index contributed by atoms with van der Waals surface area (Å²) < 4.78 is 24.6. The van der Waals surface area contributed by atoms with Gasteiger partial charge in [-0.3, -0.25) is 0 Å². The zero-order valence-corrected chi connectivity index (χ0v) is 5.77. The minimum absolute atomic E-state index is 0.465. The Morgan fingerprint density at radius 1 is 1.67 bits per heavy atom. The normalized spacial score (nSPS) is 11.9. The maximum atomic E-state index is 12.1. The third-order valence-electron chi connectivity index (χ3n) is 0.713. The number of hydrogen-bond donors (Lipinski definition) is 0. The molecule has 1 radical (unpaired) electrons. The largest absolute Gasteiger partial charge is 0.400 e. The first-order valence-electron chi connectivity index (χ1n) is 2.08. The first-order chi connectivity index (χ1) is 4.11. The Balaban J connectivity index is 2.90. The maximum Gasteiger partial charge on any atom is 0.400 e. The van der Waals surface area contributed by atoms with Crippen LogP contribution in [0.3, 0.4) is 0 Å². The number of nitrogens with zero attached hydrogens (tertiary/aromatic N) is 2. The second kappa shape index (κ2) is 2.06. The van der Waals surface area contributed by atoms with Crippen molar-refractivity contribution < 1.29 is 8.78 Å². The average molecular weight is 196 g/mol. The van der Waals surface area contributed by atoms with Gasteiger partial charge in [-0.15, -0.1) is 0 Å². The van der Waals surface area contributed by atoms with Crippen LogP contribution in [0.5, 0.6) is 0 Å². The molecular formula is C4H2BrF2N2. The molecule has 0 aromatic carbocycles. The summed E-state index contributed by atoms with van der Waals surface area (Å²) in [7, 11) is 0. The predicted molar refractivity (Wildman–Crippen MR) is 30.2 cm³/mol. The fraction of sp³-hybridized carbons (Fsp3) is 0.250. The molecule has 0 spiro atoms. The molecule has 0 saturated heterocycles. The van der Waals surface area contributed by atoms with Crippen molar-refractivity contribution in [1.82, 2.24) is 9.78 Å². The molecule has 0 N–H and O–H groups in total. The lowest BCUT2D eigenvalue weighted by molar-refractivity contribution is 0.0200. The Labute approximate surface area is 58.6 Å². The summed E-state index contributed by atoms with van der Waals surface area (Å²) in [6.07, 6.45) is 2.21. The van der Waals surface area contributed by atoms with Gasteiger partial charge in [-0.25, -0.2) is 0 Å². The molecule has 0 fully saturated rings. The predicted octanol–water partition coefficient (Wildman–Crippen LogP) is 1.58. The van der Waals surface area contributed by atoms with Gasteiger partial charge in [-0.2, -0.15) is 18.6 Å². The Morgan fingerprint density at radius 3 is 2.56 bits per heavy atom. The van der Waals surface area contributed by atoms with Crippen molar-refractivity contribution in [2.75, 3.05) is 0 Å². The topological polar surface area (TPSA) is 17.8 Å². The number of aromatic nitrogens is 2. The molecule has 49 valence electrons. The Kier molecular flexibility index (Phi) is 1.52. The summed E-state index contributed by atoms with van der Waals surface area (Å²) in [6.45, 7) is 0. The van der Waals surface area contributed by atoms with E-state index in [1.807, 2.05) is 0 Å². The highest BCUT2D eigenvalue weighted by Gasteiger charge is 2.26. The van der Waals surface area contributed by atoms with Gasteiger partial charge >= 0.3 is 4.96 Å². The maximum absolute atomic E-state index is 12.1. The molecule has 9 heavy (non-hydrogen) atoms. The molecule has 0 aliphatic heterocycles. The van der Waals surface area contributed by atoms with E-state index in [1.165, 1.54) is 0 Å². The molecule has 0 aliphatic rings. The van der Waals surface area contributed by atoms with Gasteiger partial charge in [0.15, 0.2) is 0 Å². The van der Waals surface area contributed by atoms with E-state index < -0.39 is 4.96 Å². The van der Waals surface area contributed by atoms with E-state index in [1.54, 1.807) is 0 Å². The monoisotopic (exact) mass is 195 g/mol. The van der Waals surface area contributed by atoms with E-state index >= 15 is 0 Å². The van der Waals surface area contributed by atoms with Crippen LogP contribution in [0.4, 0.5) is 8.78 Å². The molecule has 0 atom stereocenters. The van der Waals surface area contributed by atoms with Crippen molar-refractivity contribution in [3.05, 3.63) is 18.5 Å². The van der Waals surface area contributed by atoms with Gasteiger partial charge in [0, 0.05) is 28.2 Å². The molecule has 1 rings (SSSR count). The zero-order chi connectivity index (χ0) is 6.91. The minimum Gasteiger partial charge on any atom is -0.199 e. The van der Waals surface area contributed by atoms with E-state index in [4.69, 9.17) is 0 Å². The fourth-order valence-corrected chi connectivity index (χ4v) is 0.565. The highest BCUT2D eigenvalue weighted by atomic mass is 79.9. The Hall–Kier alpha value is -0.450. The summed E-state index contributed by atoms with van der Waals surface area (Å²) in [6, 6.07) is 2.38. The van der Waals surface area contributed by atoms with Gasteiger partial charge in [-0.1, -0.05) is 0 Å². The van der Waals surface area contributed by atoms with Crippen LogP contribution in [-0.2, 0) is 4.96 Å². The van der Waals surface area contributed by atoms with Crippen LogP contribution < -0.4 is 0 Å². The van der Waals surface area contributed by atoms with Crippen molar-refractivity contribution in [1.29, 1.82) is 0 Å². The molecule has 0 amide bonds. The molecule has 0 aliphatic carbocycles. The average Bonchev–Trinajstić information content (AvgIpc) is 2.08. The van der Waals surface area contributed by atoms with Crippen LogP contribution in [0.25, 0.3) is 0 Å². The number of hydrogen-bond acceptors (Lipinski definition) is 1. The standard InChI is InChI=1S/C4H2BrF2N2/c5-4(6,7)9-3-1-2-8-9/h2-3H. The Morgan fingerprint density at radius 2 is 2.33 bits per heavy atom. The van der Waals surface area contributed by atoms with Crippen LogP contribution in [0.2, 0.25) is 0 Å². The van der Waals surface area contributed by atoms with Crippen LogP contribution in [0, 0.1) is 6.07 Å². The first kappa shape index (κ1) is 6.67. The first-order valence-corrected chi connectivity index (χ1v) is 2.88. The third-order valence-corrected chi connectivity index (χ3v) is 1.08. The van der Waals surface area contributed by atoms with E-state index in [2.05, 4.69) is 27.1 Å². The molecule has 0 bridgehead atoms. The van der Waals surface area contributed by atoms with E-state index in [-0.39, 0.29) is 0 Å². The number of alkyl halides is 3. The van der Waals surface area contributed by atoms with Crippen molar-refractivity contribution in [3.63, 3.8) is 0 Å². The number of rotatable bonds is 1. The summed E-state index contributed by atoms with van der Waals surface area (Å²) >= 11 is 2.11. The van der Waals surface area contributed by atoms with Crippen LogP contribution in [0.15, 0.2) is 12.4 Å². The van der Waals surface area contributed by atoms with Crippen molar-refractivity contribution in [3.8, 4) is 0 Å². The molecule has 1 heterocycles. The van der Waals surface area contributed by atoms with E-state index in [0.717, 1.165) is 12.4 Å². The lowest BCUT2D eigenvalue weighted by Gasteiger charge is -2.05. The minimum atomic E-state index is -3.09. The van der Waals surface area contributed by atoms with Gasteiger partial charge in [0.05, 0.1) is 6.20 Å². The second-order valence-corrected chi connectivity index (χ2v) is 2.31. The summed E-state index contributed by atoms with van der Waals surface area (Å²) in [5.41, 5.74) is 0. The second-order valence-electron chi connectivity index (χ2n) is 1.35. The van der Waals surface area contributed by atoms with Gasteiger partial charge in [-0.05, 0) is 0 Å². The highest BCUT2D eigenvalue weighted by molar-refractivity contribution is 9.09. The summed E-state index contributed by atoms with van der Waals surface area (Å²) in [5, 5.41) is 3.25.